The third kappa shape index (κ3) is 7.19. The molecule has 4 N–H and O–H groups in total. The first-order chi connectivity index (χ1) is 11.8. The molecule has 0 aromatic heterocycles. The maximum Gasteiger partial charge on any atom is 0.322 e. The molecular weight excluding hydrogens is 362 g/mol. The second-order valence-corrected chi connectivity index (χ2v) is 8.61. The molecule has 0 radical (unpaired) electrons. The lowest BCUT2D eigenvalue weighted by molar-refractivity contribution is -0.135. The van der Waals surface area contributed by atoms with Crippen LogP contribution in [0.25, 0.3) is 0 Å². The molecule has 1 aromatic carbocycles. The van der Waals surface area contributed by atoms with Crippen LogP contribution in [0.4, 0.5) is 5.69 Å². The summed E-state index contributed by atoms with van der Waals surface area (Å²) < 4.78 is 25.3. The van der Waals surface area contributed by atoms with Gasteiger partial charge in [-0.3, -0.25) is 14.4 Å². The van der Waals surface area contributed by atoms with E-state index in [2.05, 4.69) is 15.4 Å². The maximum atomic E-state index is 12.5. The molecule has 10 heteroatoms. The summed E-state index contributed by atoms with van der Waals surface area (Å²) in [5, 5.41) is 13.4. The van der Waals surface area contributed by atoms with E-state index in [-0.39, 0.29) is 5.56 Å². The van der Waals surface area contributed by atoms with E-state index in [1.54, 1.807) is 20.8 Å². The van der Waals surface area contributed by atoms with E-state index < -0.39 is 45.8 Å². The van der Waals surface area contributed by atoms with Gasteiger partial charge in [-0.1, -0.05) is 20.8 Å². The molecule has 0 spiro atoms. The second-order valence-electron chi connectivity index (χ2n) is 6.83. The summed E-state index contributed by atoms with van der Waals surface area (Å²) in [6.07, 6.45) is 0.976. The van der Waals surface area contributed by atoms with Crippen LogP contribution in [0.1, 0.15) is 31.1 Å². The predicted octanol–water partition coefficient (Wildman–Crippen LogP) is 0.403. The van der Waals surface area contributed by atoms with Crippen LogP contribution in [0.3, 0.4) is 0 Å². The van der Waals surface area contributed by atoms with Crippen molar-refractivity contribution in [2.24, 2.45) is 5.41 Å². The Hall–Kier alpha value is -2.46. The fourth-order valence-electron chi connectivity index (χ4n) is 2.01. The van der Waals surface area contributed by atoms with Gasteiger partial charge in [-0.15, -0.1) is 0 Å². The molecule has 0 saturated carbocycles. The topological polar surface area (TPSA) is 142 Å². The monoisotopic (exact) mass is 385 g/mol. The fraction of sp³-hybridized carbons (Fsp3) is 0.438. The third-order valence-electron chi connectivity index (χ3n) is 3.27. The van der Waals surface area contributed by atoms with Crippen LogP contribution in [-0.2, 0) is 19.6 Å². The largest absolute Gasteiger partial charge is 0.480 e. The summed E-state index contributed by atoms with van der Waals surface area (Å²) in [6, 6.07) is 4.78. The molecular formula is C16H23N3O6S. The number of carboxylic acid groups (broad SMARTS) is 1. The van der Waals surface area contributed by atoms with Crippen LogP contribution in [0.5, 0.6) is 0 Å². The van der Waals surface area contributed by atoms with E-state index in [1.165, 1.54) is 24.3 Å². The van der Waals surface area contributed by atoms with Gasteiger partial charge in [0.15, 0.2) is 0 Å². The second kappa shape index (κ2) is 8.28. The Morgan fingerprint density at radius 3 is 2.08 bits per heavy atom. The van der Waals surface area contributed by atoms with Gasteiger partial charge in [-0.2, -0.15) is 0 Å². The molecule has 0 aliphatic heterocycles. The highest BCUT2D eigenvalue weighted by atomic mass is 32.2. The lowest BCUT2D eigenvalue weighted by Gasteiger charge is -2.29. The Labute approximate surface area is 152 Å². The number of hydrogen-bond acceptors (Lipinski definition) is 5. The average molecular weight is 385 g/mol. The molecule has 144 valence electrons. The lowest BCUT2D eigenvalue weighted by atomic mass is 9.87. The highest BCUT2D eigenvalue weighted by Crippen LogP contribution is 2.21. The highest BCUT2D eigenvalue weighted by molar-refractivity contribution is 7.88. The van der Waals surface area contributed by atoms with Gasteiger partial charge in [0, 0.05) is 11.3 Å². The van der Waals surface area contributed by atoms with Gasteiger partial charge in [-0.05, 0) is 29.7 Å². The van der Waals surface area contributed by atoms with Crippen LogP contribution in [0.2, 0.25) is 0 Å². The molecule has 0 fully saturated rings. The van der Waals surface area contributed by atoms with Crippen molar-refractivity contribution >= 4 is 33.5 Å². The summed E-state index contributed by atoms with van der Waals surface area (Å²) in [4.78, 5) is 34.6. The molecule has 2 amide bonds. The molecule has 1 atom stereocenters. The number of carbonyl (C=O) groups excluding carboxylic acids is 2. The van der Waals surface area contributed by atoms with Crippen molar-refractivity contribution in [3.05, 3.63) is 29.8 Å². The first kappa shape index (κ1) is 21.6. The van der Waals surface area contributed by atoms with Gasteiger partial charge in [0.25, 0.3) is 5.91 Å². The van der Waals surface area contributed by atoms with Gasteiger partial charge in [0.2, 0.25) is 15.9 Å². The number of sulfonamides is 1. The van der Waals surface area contributed by atoms with E-state index in [0.29, 0.717) is 5.69 Å². The lowest BCUT2D eigenvalue weighted by Crippen LogP contribution is -2.51. The van der Waals surface area contributed by atoms with E-state index in [9.17, 15) is 22.8 Å². The van der Waals surface area contributed by atoms with Crippen LogP contribution in [-0.4, -0.2) is 50.2 Å². The molecule has 1 unspecified atom stereocenters. The summed E-state index contributed by atoms with van der Waals surface area (Å²) in [6.45, 7) is 4.68. The Morgan fingerprint density at radius 1 is 1.12 bits per heavy atom. The molecule has 26 heavy (non-hydrogen) atoms. The molecule has 1 aromatic rings. The van der Waals surface area contributed by atoms with Crippen LogP contribution in [0, 0.1) is 5.41 Å². The van der Waals surface area contributed by atoms with E-state index in [4.69, 9.17) is 5.11 Å². The average Bonchev–Trinajstić information content (AvgIpc) is 2.49. The minimum Gasteiger partial charge on any atom is -0.480 e. The van der Waals surface area contributed by atoms with Gasteiger partial charge >= 0.3 is 5.97 Å². The van der Waals surface area contributed by atoms with E-state index >= 15 is 0 Å². The molecule has 1 rings (SSSR count). The smallest absolute Gasteiger partial charge is 0.322 e. The zero-order valence-electron chi connectivity index (χ0n) is 15.0. The Balaban J connectivity index is 2.85. The zero-order valence-corrected chi connectivity index (χ0v) is 15.8. The number of anilines is 1. The van der Waals surface area contributed by atoms with Crippen molar-refractivity contribution in [1.82, 2.24) is 10.0 Å². The Kier molecular flexibility index (Phi) is 6.87. The quantitative estimate of drug-likeness (QED) is 0.535. The number of carboxylic acids is 1. The van der Waals surface area contributed by atoms with Gasteiger partial charge < -0.3 is 15.7 Å². The van der Waals surface area contributed by atoms with E-state index in [1.807, 2.05) is 0 Å². The number of benzene rings is 1. The van der Waals surface area contributed by atoms with Gasteiger partial charge in [0.05, 0.1) is 6.26 Å². The Bertz CT molecular complexity index is 781. The molecule has 0 bridgehead atoms. The van der Waals surface area contributed by atoms with Crippen molar-refractivity contribution < 1.29 is 27.9 Å². The summed E-state index contributed by atoms with van der Waals surface area (Å²) in [5.74, 6) is -2.25. The Morgan fingerprint density at radius 2 is 1.65 bits per heavy atom. The van der Waals surface area contributed by atoms with Crippen molar-refractivity contribution in [3.8, 4) is 0 Å². The fourth-order valence-corrected chi connectivity index (χ4v) is 2.90. The molecule has 0 heterocycles. The normalized spacial score (nSPS) is 12.9. The van der Waals surface area contributed by atoms with Gasteiger partial charge in [-0.25, -0.2) is 13.1 Å². The number of hydrogen-bond donors (Lipinski definition) is 4. The maximum absolute atomic E-state index is 12.5. The number of carbonyl (C=O) groups is 3. The number of rotatable bonds is 7. The minimum absolute atomic E-state index is 0.228. The summed E-state index contributed by atoms with van der Waals surface area (Å²) in [7, 11) is -3.59. The van der Waals surface area contributed by atoms with Crippen molar-refractivity contribution in [3.63, 3.8) is 0 Å². The van der Waals surface area contributed by atoms with Crippen LogP contribution >= 0.6 is 0 Å². The SMILES string of the molecule is CC(C)(C)C(NS(C)(=O)=O)C(=O)Nc1ccc(C(=O)NCC(=O)O)cc1. The number of nitrogens with one attached hydrogen (secondary N) is 3. The molecule has 0 aliphatic rings. The van der Waals surface area contributed by atoms with Crippen molar-refractivity contribution in [2.75, 3.05) is 18.1 Å². The van der Waals surface area contributed by atoms with Crippen molar-refractivity contribution in [1.29, 1.82) is 0 Å². The summed E-state index contributed by atoms with van der Waals surface area (Å²) >= 11 is 0. The first-order valence-electron chi connectivity index (χ1n) is 7.68. The summed E-state index contributed by atoms with van der Waals surface area (Å²) in [5.41, 5.74) is -0.0655. The molecule has 0 saturated heterocycles. The van der Waals surface area contributed by atoms with Crippen LogP contribution < -0.4 is 15.4 Å². The molecule has 9 nitrogen and oxygen atoms in total. The number of aliphatic carboxylic acids is 1. The molecule has 0 aliphatic carbocycles. The zero-order chi connectivity index (χ0) is 20.1. The standard InChI is InChI=1S/C16H23N3O6S/c1-16(2,3)13(19-26(4,24)25)15(23)18-11-7-5-10(6-8-11)14(22)17-9-12(20)21/h5-8,13,19H,9H2,1-4H3,(H,17,22)(H,18,23)(H,20,21). The first-order valence-corrected chi connectivity index (χ1v) is 9.57. The van der Waals surface area contributed by atoms with E-state index in [0.717, 1.165) is 6.26 Å². The predicted molar refractivity (Wildman–Crippen MR) is 96.3 cm³/mol. The minimum atomic E-state index is -3.59. The van der Waals surface area contributed by atoms with Crippen LogP contribution in [0.15, 0.2) is 24.3 Å². The third-order valence-corrected chi connectivity index (χ3v) is 3.94. The van der Waals surface area contributed by atoms with Crippen molar-refractivity contribution in [2.45, 2.75) is 26.8 Å². The highest BCUT2D eigenvalue weighted by Gasteiger charge is 2.33. The number of amides is 2. The van der Waals surface area contributed by atoms with Gasteiger partial charge in [0.1, 0.15) is 12.6 Å².